The number of likely N-dealkylation sites (tertiary alicyclic amines) is 1. The number of piperidine rings is 1. The third kappa shape index (κ3) is 7.51. The zero-order chi connectivity index (χ0) is 22.8. The average Bonchev–Trinajstić information content (AvgIpc) is 2.81. The van der Waals surface area contributed by atoms with Gasteiger partial charge in [0.15, 0.2) is 0 Å². The highest BCUT2D eigenvalue weighted by atomic mass is 16.7. The molecule has 1 heterocycles. The van der Waals surface area contributed by atoms with Crippen molar-refractivity contribution >= 4 is 11.8 Å². The summed E-state index contributed by atoms with van der Waals surface area (Å²) in [5.41, 5.74) is 1.29. The molecule has 0 aliphatic carbocycles. The van der Waals surface area contributed by atoms with Crippen molar-refractivity contribution in [3.05, 3.63) is 29.8 Å². The summed E-state index contributed by atoms with van der Waals surface area (Å²) >= 11 is 0. The van der Waals surface area contributed by atoms with Crippen LogP contribution in [0.4, 0.5) is 0 Å². The average molecular weight is 434 g/mol. The molecule has 0 spiro atoms. The van der Waals surface area contributed by atoms with Gasteiger partial charge in [0.05, 0.1) is 14.2 Å². The van der Waals surface area contributed by atoms with E-state index in [9.17, 15) is 9.59 Å². The van der Waals surface area contributed by atoms with E-state index in [4.69, 9.17) is 9.57 Å². The summed E-state index contributed by atoms with van der Waals surface area (Å²) < 4.78 is 5.23. The van der Waals surface area contributed by atoms with Gasteiger partial charge in [-0.15, -0.1) is 0 Å². The van der Waals surface area contributed by atoms with E-state index in [1.165, 1.54) is 17.7 Å². The Hall–Kier alpha value is -2.12. The van der Waals surface area contributed by atoms with Crippen LogP contribution in [0.25, 0.3) is 0 Å². The summed E-state index contributed by atoms with van der Waals surface area (Å²) in [5, 5.41) is 1.29. The molecule has 1 atom stereocenters. The lowest BCUT2D eigenvalue weighted by Gasteiger charge is -2.33. The standard InChI is InChI=1S/C24H39N3O4/c1-6-26(19(2)18-20-9-11-22(30-4)12-10-20)15-7-8-23(28)27-16-13-21(14-17-27)24(29)25(3)31-5/h9-12,19,21H,6-8,13-18H2,1-5H3. The Morgan fingerprint density at radius 3 is 2.35 bits per heavy atom. The van der Waals surface area contributed by atoms with Crippen molar-refractivity contribution in [3.8, 4) is 5.75 Å². The van der Waals surface area contributed by atoms with Crippen molar-refractivity contribution in [3.63, 3.8) is 0 Å². The Kier molecular flexibility index (Phi) is 10.3. The van der Waals surface area contributed by atoms with Gasteiger partial charge in [-0.1, -0.05) is 19.1 Å². The van der Waals surface area contributed by atoms with Crippen LogP contribution < -0.4 is 4.74 Å². The lowest BCUT2D eigenvalue weighted by atomic mass is 9.95. The van der Waals surface area contributed by atoms with Crippen LogP contribution in [0.3, 0.4) is 0 Å². The van der Waals surface area contributed by atoms with Crippen molar-refractivity contribution in [2.24, 2.45) is 5.92 Å². The first kappa shape index (κ1) is 25.1. The van der Waals surface area contributed by atoms with Gasteiger partial charge in [0, 0.05) is 38.5 Å². The first-order valence-electron chi connectivity index (χ1n) is 11.4. The summed E-state index contributed by atoms with van der Waals surface area (Å²) in [4.78, 5) is 34.2. The summed E-state index contributed by atoms with van der Waals surface area (Å²) in [6, 6.07) is 8.65. The second-order valence-electron chi connectivity index (χ2n) is 8.31. The van der Waals surface area contributed by atoms with Gasteiger partial charge in [-0.3, -0.25) is 14.4 Å². The maximum Gasteiger partial charge on any atom is 0.249 e. The van der Waals surface area contributed by atoms with Gasteiger partial charge in [-0.2, -0.15) is 0 Å². The number of nitrogens with zero attached hydrogens (tertiary/aromatic N) is 3. The van der Waals surface area contributed by atoms with Crippen LogP contribution in [-0.2, 0) is 20.8 Å². The van der Waals surface area contributed by atoms with E-state index in [1.807, 2.05) is 17.0 Å². The first-order chi connectivity index (χ1) is 14.9. The van der Waals surface area contributed by atoms with Gasteiger partial charge < -0.3 is 14.5 Å². The highest BCUT2D eigenvalue weighted by Crippen LogP contribution is 2.20. The molecule has 1 saturated heterocycles. The molecule has 174 valence electrons. The summed E-state index contributed by atoms with van der Waals surface area (Å²) in [7, 11) is 4.81. The van der Waals surface area contributed by atoms with E-state index < -0.39 is 0 Å². The fourth-order valence-electron chi connectivity index (χ4n) is 4.24. The van der Waals surface area contributed by atoms with Gasteiger partial charge in [0.25, 0.3) is 0 Å². The van der Waals surface area contributed by atoms with E-state index in [1.54, 1.807) is 14.2 Å². The van der Waals surface area contributed by atoms with Crippen molar-refractivity contribution in [2.45, 2.75) is 52.0 Å². The minimum Gasteiger partial charge on any atom is -0.497 e. The highest BCUT2D eigenvalue weighted by molar-refractivity contribution is 5.79. The molecule has 0 radical (unpaired) electrons. The molecule has 2 amide bonds. The summed E-state index contributed by atoms with van der Waals surface area (Å²) in [6.07, 6.45) is 3.80. The SMILES string of the molecule is CCN(CCCC(=O)N1CCC(C(=O)N(C)OC)CC1)C(C)Cc1ccc(OC)cc1. The van der Waals surface area contributed by atoms with Crippen LogP contribution in [0.1, 0.15) is 45.1 Å². The number of likely N-dealkylation sites (N-methyl/N-ethyl adjacent to an activating group) is 1. The second kappa shape index (κ2) is 12.7. The predicted octanol–water partition coefficient (Wildman–Crippen LogP) is 2.99. The highest BCUT2D eigenvalue weighted by Gasteiger charge is 2.29. The Balaban J connectivity index is 1.72. The maximum atomic E-state index is 12.6. The zero-order valence-electron chi connectivity index (χ0n) is 19.8. The normalized spacial score (nSPS) is 15.7. The van der Waals surface area contributed by atoms with Crippen molar-refractivity contribution in [1.82, 2.24) is 14.9 Å². The summed E-state index contributed by atoms with van der Waals surface area (Å²) in [5.74, 6) is 1.02. The topological polar surface area (TPSA) is 62.3 Å². The molecule has 2 rings (SSSR count). The van der Waals surface area contributed by atoms with E-state index in [0.717, 1.165) is 31.7 Å². The van der Waals surface area contributed by atoms with Gasteiger partial charge in [-0.25, -0.2) is 5.06 Å². The smallest absolute Gasteiger partial charge is 0.249 e. The molecule has 0 saturated carbocycles. The molecule has 0 N–H and O–H groups in total. The van der Waals surface area contributed by atoms with Crippen LogP contribution in [0.5, 0.6) is 5.75 Å². The van der Waals surface area contributed by atoms with Gasteiger partial charge >= 0.3 is 0 Å². The van der Waals surface area contributed by atoms with E-state index in [2.05, 4.69) is 30.9 Å². The maximum absolute atomic E-state index is 12.6. The molecule has 1 fully saturated rings. The third-order valence-corrected chi connectivity index (χ3v) is 6.34. The number of methoxy groups -OCH3 is 1. The van der Waals surface area contributed by atoms with Crippen LogP contribution in [-0.4, -0.2) is 80.2 Å². The fourth-order valence-corrected chi connectivity index (χ4v) is 4.24. The Labute approximate surface area is 187 Å². The van der Waals surface area contributed by atoms with E-state index in [0.29, 0.717) is 38.4 Å². The van der Waals surface area contributed by atoms with Crippen LogP contribution in [0.2, 0.25) is 0 Å². The van der Waals surface area contributed by atoms with Crippen LogP contribution >= 0.6 is 0 Å². The molecule has 1 aliphatic rings. The number of carbonyl (C=O) groups excluding carboxylic acids is 2. The quantitative estimate of drug-likeness (QED) is 0.502. The molecule has 1 unspecified atom stereocenters. The molecule has 31 heavy (non-hydrogen) atoms. The van der Waals surface area contributed by atoms with Crippen LogP contribution in [0.15, 0.2) is 24.3 Å². The molecular formula is C24H39N3O4. The minimum atomic E-state index is -0.0524. The molecular weight excluding hydrogens is 394 g/mol. The number of benzene rings is 1. The monoisotopic (exact) mass is 433 g/mol. The number of hydrogen-bond donors (Lipinski definition) is 0. The number of hydroxylamine groups is 2. The zero-order valence-corrected chi connectivity index (χ0v) is 19.8. The largest absolute Gasteiger partial charge is 0.497 e. The van der Waals surface area contributed by atoms with Gasteiger partial charge in [0.1, 0.15) is 5.75 Å². The first-order valence-corrected chi connectivity index (χ1v) is 11.4. The predicted molar refractivity (Wildman–Crippen MR) is 122 cm³/mol. The number of hydrogen-bond acceptors (Lipinski definition) is 5. The molecule has 7 nitrogen and oxygen atoms in total. The van der Waals surface area contributed by atoms with Gasteiger partial charge in [0.2, 0.25) is 11.8 Å². The Bertz CT molecular complexity index is 687. The Morgan fingerprint density at radius 2 is 1.81 bits per heavy atom. The minimum absolute atomic E-state index is 0.000894. The number of rotatable bonds is 11. The lowest BCUT2D eigenvalue weighted by molar-refractivity contribution is -0.175. The molecule has 7 heteroatoms. The lowest BCUT2D eigenvalue weighted by Crippen LogP contribution is -2.43. The molecule has 1 aromatic carbocycles. The molecule has 1 aromatic rings. The van der Waals surface area contributed by atoms with E-state index >= 15 is 0 Å². The van der Waals surface area contributed by atoms with E-state index in [-0.39, 0.29) is 17.7 Å². The number of carbonyl (C=O) groups is 2. The fraction of sp³-hybridized carbons (Fsp3) is 0.667. The van der Waals surface area contributed by atoms with Gasteiger partial charge in [-0.05, 0) is 63.4 Å². The van der Waals surface area contributed by atoms with Crippen molar-refractivity contribution in [2.75, 3.05) is 47.4 Å². The molecule has 0 aromatic heterocycles. The van der Waals surface area contributed by atoms with Crippen LogP contribution in [0, 0.1) is 5.92 Å². The second-order valence-corrected chi connectivity index (χ2v) is 8.31. The number of amides is 2. The molecule has 0 bridgehead atoms. The van der Waals surface area contributed by atoms with Crippen molar-refractivity contribution < 1.29 is 19.2 Å². The number of ether oxygens (including phenoxy) is 1. The summed E-state index contributed by atoms with van der Waals surface area (Å²) in [6.45, 7) is 7.59. The third-order valence-electron chi connectivity index (χ3n) is 6.34. The molecule has 1 aliphatic heterocycles. The van der Waals surface area contributed by atoms with Crippen molar-refractivity contribution in [1.29, 1.82) is 0 Å². The Morgan fingerprint density at radius 1 is 1.16 bits per heavy atom.